The van der Waals surface area contributed by atoms with Gasteiger partial charge in [-0.3, -0.25) is 4.79 Å². The van der Waals surface area contributed by atoms with Crippen LogP contribution in [-0.2, 0) is 14.8 Å². The highest BCUT2D eigenvalue weighted by molar-refractivity contribution is 7.89. The lowest BCUT2D eigenvalue weighted by Crippen LogP contribution is -2.40. The van der Waals surface area contributed by atoms with Gasteiger partial charge in [-0.25, -0.2) is 17.9 Å². The molecular weight excluding hydrogens is 304 g/mol. The summed E-state index contributed by atoms with van der Waals surface area (Å²) < 4.78 is 25.4. The van der Waals surface area contributed by atoms with Gasteiger partial charge in [-0.05, 0) is 26.0 Å². The zero-order chi connectivity index (χ0) is 14.9. The molecule has 0 radical (unpaired) electrons. The predicted octanol–water partition coefficient (Wildman–Crippen LogP) is 0.345. The van der Waals surface area contributed by atoms with E-state index in [1.165, 1.54) is 23.4 Å². The molecule has 0 saturated carbocycles. The summed E-state index contributed by atoms with van der Waals surface area (Å²) >= 11 is 0.997. The van der Waals surface area contributed by atoms with Gasteiger partial charge in [0.1, 0.15) is 6.04 Å². The van der Waals surface area contributed by atoms with E-state index in [1.54, 1.807) is 0 Å². The molecule has 1 fully saturated rings. The molecule has 2 heterocycles. The van der Waals surface area contributed by atoms with Gasteiger partial charge in [-0.1, -0.05) is 0 Å². The normalized spacial score (nSPS) is 19.2. The van der Waals surface area contributed by atoms with Crippen molar-refractivity contribution in [3.8, 4) is 0 Å². The Labute approximate surface area is 120 Å². The molecule has 1 aliphatic rings. The third-order valence-electron chi connectivity index (χ3n) is 3.16. The van der Waals surface area contributed by atoms with E-state index in [-0.39, 0.29) is 9.77 Å². The van der Waals surface area contributed by atoms with Gasteiger partial charge in [-0.15, -0.1) is 11.3 Å². The minimum atomic E-state index is -3.59. The molecule has 0 spiro atoms. The van der Waals surface area contributed by atoms with Crippen LogP contribution in [0.25, 0.3) is 0 Å². The van der Waals surface area contributed by atoms with Crippen LogP contribution >= 0.6 is 11.3 Å². The number of nitrogens with zero attached hydrogens (tertiary/aromatic N) is 1. The minimum absolute atomic E-state index is 0.0134. The van der Waals surface area contributed by atoms with Crippen LogP contribution in [0.3, 0.4) is 0 Å². The molecule has 0 unspecified atom stereocenters. The van der Waals surface area contributed by atoms with Crippen molar-refractivity contribution in [1.82, 2.24) is 9.62 Å². The Morgan fingerprint density at radius 3 is 2.80 bits per heavy atom. The molecule has 1 amide bonds. The summed E-state index contributed by atoms with van der Waals surface area (Å²) in [4.78, 5) is 24.8. The third-order valence-corrected chi connectivity index (χ3v) is 5.63. The van der Waals surface area contributed by atoms with Crippen LogP contribution in [0.5, 0.6) is 0 Å². The van der Waals surface area contributed by atoms with Crippen molar-refractivity contribution in [3.63, 3.8) is 0 Å². The number of aliphatic carboxylic acids is 1. The molecule has 110 valence electrons. The zero-order valence-corrected chi connectivity index (χ0v) is 12.3. The fraction of sp³-hybridized carbons (Fsp3) is 0.455. The molecule has 7 nitrogen and oxygen atoms in total. The Morgan fingerprint density at radius 2 is 2.20 bits per heavy atom. The minimum Gasteiger partial charge on any atom is -0.480 e. The number of hydrogen-bond acceptors (Lipinski definition) is 5. The summed E-state index contributed by atoms with van der Waals surface area (Å²) in [5.74, 6) is -1.46. The summed E-state index contributed by atoms with van der Waals surface area (Å²) in [7, 11) is -2.30. The van der Waals surface area contributed by atoms with Gasteiger partial charge in [0.2, 0.25) is 10.0 Å². The highest BCUT2D eigenvalue weighted by Crippen LogP contribution is 2.25. The van der Waals surface area contributed by atoms with Crippen molar-refractivity contribution in [1.29, 1.82) is 0 Å². The summed E-state index contributed by atoms with van der Waals surface area (Å²) in [6, 6.07) is 0.449. The second kappa shape index (κ2) is 5.51. The second-order valence-electron chi connectivity index (χ2n) is 4.35. The fourth-order valence-electron chi connectivity index (χ4n) is 2.10. The fourth-order valence-corrected chi connectivity index (χ4v) is 4.06. The molecule has 1 atom stereocenters. The number of carbonyl (C=O) groups excluding carboxylic acids is 1. The molecule has 1 aromatic heterocycles. The number of carboxylic acid groups (broad SMARTS) is 1. The lowest BCUT2D eigenvalue weighted by molar-refractivity contribution is -0.141. The number of rotatable bonds is 4. The SMILES string of the molecule is CNS(=O)(=O)c1csc(C(=O)N2CCC[C@@H]2C(=O)O)c1. The lowest BCUT2D eigenvalue weighted by Gasteiger charge is -2.20. The lowest BCUT2D eigenvalue weighted by atomic mass is 10.2. The molecule has 0 aromatic carbocycles. The van der Waals surface area contributed by atoms with E-state index in [1.807, 2.05) is 0 Å². The molecule has 9 heteroatoms. The van der Waals surface area contributed by atoms with Gasteiger partial charge in [0.15, 0.2) is 0 Å². The standard InChI is InChI=1S/C11H14N2O5S2/c1-12-20(17,18)7-5-9(19-6-7)10(14)13-4-2-3-8(13)11(15)16/h5-6,8,12H,2-4H2,1H3,(H,15,16)/t8-/m1/s1. The molecule has 20 heavy (non-hydrogen) atoms. The smallest absolute Gasteiger partial charge is 0.326 e. The molecular formula is C11H14N2O5S2. The first-order chi connectivity index (χ1) is 9.36. The molecule has 1 aromatic rings. The van der Waals surface area contributed by atoms with Crippen LogP contribution < -0.4 is 4.72 Å². The summed E-state index contributed by atoms with van der Waals surface area (Å²) in [5, 5.41) is 10.4. The van der Waals surface area contributed by atoms with Crippen LogP contribution in [0.4, 0.5) is 0 Å². The third kappa shape index (κ3) is 2.69. The quantitative estimate of drug-likeness (QED) is 0.833. The van der Waals surface area contributed by atoms with E-state index < -0.39 is 27.9 Å². The maximum absolute atomic E-state index is 12.2. The van der Waals surface area contributed by atoms with E-state index in [4.69, 9.17) is 5.11 Å². The molecule has 1 saturated heterocycles. The van der Waals surface area contributed by atoms with E-state index >= 15 is 0 Å². The Balaban J connectivity index is 2.24. The Morgan fingerprint density at radius 1 is 1.50 bits per heavy atom. The highest BCUT2D eigenvalue weighted by atomic mass is 32.2. The monoisotopic (exact) mass is 318 g/mol. The average molecular weight is 318 g/mol. The number of likely N-dealkylation sites (tertiary alicyclic amines) is 1. The van der Waals surface area contributed by atoms with Crippen molar-refractivity contribution in [3.05, 3.63) is 16.3 Å². The molecule has 0 bridgehead atoms. The first-order valence-corrected chi connectivity index (χ1v) is 8.29. The van der Waals surface area contributed by atoms with Gasteiger partial charge < -0.3 is 10.0 Å². The van der Waals surface area contributed by atoms with Crippen molar-refractivity contribution in [2.24, 2.45) is 0 Å². The molecule has 2 rings (SSSR count). The van der Waals surface area contributed by atoms with Gasteiger partial charge in [0.25, 0.3) is 5.91 Å². The largest absolute Gasteiger partial charge is 0.480 e. The first kappa shape index (κ1) is 14.9. The number of amides is 1. The number of carboxylic acids is 1. The van der Waals surface area contributed by atoms with Crippen LogP contribution in [-0.4, -0.2) is 49.9 Å². The topological polar surface area (TPSA) is 104 Å². The molecule has 0 aliphatic carbocycles. The number of thiophene rings is 1. The Kier molecular flexibility index (Phi) is 4.11. The summed E-state index contributed by atoms with van der Waals surface area (Å²) in [6.07, 6.45) is 1.06. The average Bonchev–Trinajstić information content (AvgIpc) is 3.07. The van der Waals surface area contributed by atoms with Gasteiger partial charge in [0, 0.05) is 11.9 Å². The summed E-state index contributed by atoms with van der Waals surface area (Å²) in [6.45, 7) is 0.377. The number of sulfonamides is 1. The van der Waals surface area contributed by atoms with Gasteiger partial charge >= 0.3 is 5.97 Å². The van der Waals surface area contributed by atoms with Crippen molar-refractivity contribution in [2.75, 3.05) is 13.6 Å². The number of nitrogens with one attached hydrogen (secondary N) is 1. The first-order valence-electron chi connectivity index (χ1n) is 5.92. The van der Waals surface area contributed by atoms with E-state index in [0.717, 1.165) is 11.3 Å². The van der Waals surface area contributed by atoms with Crippen LogP contribution in [0, 0.1) is 0 Å². The molecule has 1 aliphatic heterocycles. The van der Waals surface area contributed by atoms with E-state index in [0.29, 0.717) is 19.4 Å². The van der Waals surface area contributed by atoms with E-state index in [9.17, 15) is 18.0 Å². The Hall–Kier alpha value is -1.45. The van der Waals surface area contributed by atoms with Crippen LogP contribution in [0.2, 0.25) is 0 Å². The summed E-state index contributed by atoms with van der Waals surface area (Å²) in [5.41, 5.74) is 0. The van der Waals surface area contributed by atoms with E-state index in [2.05, 4.69) is 4.72 Å². The van der Waals surface area contributed by atoms with Gasteiger partial charge in [-0.2, -0.15) is 0 Å². The predicted molar refractivity (Wildman–Crippen MR) is 72.3 cm³/mol. The van der Waals surface area contributed by atoms with Crippen LogP contribution in [0.15, 0.2) is 16.3 Å². The Bertz CT molecular complexity index is 637. The van der Waals surface area contributed by atoms with Crippen LogP contribution in [0.1, 0.15) is 22.5 Å². The molecule has 2 N–H and O–H groups in total. The van der Waals surface area contributed by atoms with Crippen molar-refractivity contribution < 1.29 is 23.1 Å². The number of carbonyl (C=O) groups is 2. The zero-order valence-electron chi connectivity index (χ0n) is 10.7. The maximum atomic E-state index is 12.2. The second-order valence-corrected chi connectivity index (χ2v) is 7.15. The van der Waals surface area contributed by atoms with Crippen molar-refractivity contribution >= 4 is 33.2 Å². The highest BCUT2D eigenvalue weighted by Gasteiger charge is 2.35. The number of hydrogen-bond donors (Lipinski definition) is 2. The van der Waals surface area contributed by atoms with Gasteiger partial charge in [0.05, 0.1) is 9.77 Å². The van der Waals surface area contributed by atoms with Crippen molar-refractivity contribution in [2.45, 2.75) is 23.8 Å². The maximum Gasteiger partial charge on any atom is 0.326 e.